The summed E-state index contributed by atoms with van der Waals surface area (Å²) in [6.07, 6.45) is 1.27. The number of ether oxygens (including phenoxy) is 1. The van der Waals surface area contributed by atoms with Crippen LogP contribution >= 0.6 is 11.6 Å². The zero-order valence-electron chi connectivity index (χ0n) is 23.9. The van der Waals surface area contributed by atoms with Gasteiger partial charge in [-0.3, -0.25) is 13.9 Å². The van der Waals surface area contributed by atoms with Crippen molar-refractivity contribution in [3.63, 3.8) is 0 Å². The molecule has 0 spiro atoms. The summed E-state index contributed by atoms with van der Waals surface area (Å²) in [5.41, 5.74) is 1.74. The molecule has 10 heteroatoms. The average Bonchev–Trinajstić information content (AvgIpc) is 2.93. The summed E-state index contributed by atoms with van der Waals surface area (Å²) in [5.74, 6) is -0.355. The van der Waals surface area contributed by atoms with Crippen molar-refractivity contribution in [2.45, 2.75) is 39.8 Å². The van der Waals surface area contributed by atoms with E-state index in [2.05, 4.69) is 5.32 Å². The molecule has 0 bridgehead atoms. The first-order valence-corrected chi connectivity index (χ1v) is 15.8. The number of carbonyl (C=O) groups excluding carboxylic acids is 2. The first kappa shape index (κ1) is 32.0. The van der Waals surface area contributed by atoms with Crippen molar-refractivity contribution in [1.82, 2.24) is 10.2 Å². The number of hydrogen-bond donors (Lipinski definition) is 1. The summed E-state index contributed by atoms with van der Waals surface area (Å²) >= 11 is 6.49. The summed E-state index contributed by atoms with van der Waals surface area (Å²) in [5, 5.41) is 3.40. The summed E-state index contributed by atoms with van der Waals surface area (Å²) in [6.45, 7) is 5.98. The first-order chi connectivity index (χ1) is 19.5. The van der Waals surface area contributed by atoms with Gasteiger partial charge in [-0.2, -0.15) is 0 Å². The quantitative estimate of drug-likeness (QED) is 0.284. The Hall–Kier alpha value is -3.56. The summed E-state index contributed by atoms with van der Waals surface area (Å²) in [4.78, 5) is 29.3. The van der Waals surface area contributed by atoms with E-state index in [4.69, 9.17) is 16.3 Å². The number of nitrogens with one attached hydrogen (secondary N) is 1. The molecule has 0 heterocycles. The Kier molecular flexibility index (Phi) is 11.6. The minimum atomic E-state index is -3.92. The third-order valence-electron chi connectivity index (χ3n) is 6.37. The number of nitrogens with zero attached hydrogens (tertiary/aromatic N) is 2. The van der Waals surface area contributed by atoms with E-state index in [0.717, 1.165) is 16.1 Å². The molecular weight excluding hydrogens is 562 g/mol. The SMILES string of the molecule is CCOc1ccccc1N(CC(=O)N(Cc1ccccc1Cl)[C@H](Cc1ccccc1)C(=O)NCC(C)C)S(C)(=O)=O. The molecule has 0 saturated carbocycles. The second kappa shape index (κ2) is 14.9. The predicted molar refractivity (Wildman–Crippen MR) is 164 cm³/mol. The molecule has 2 amide bonds. The Labute approximate surface area is 248 Å². The molecule has 1 N–H and O–H groups in total. The zero-order chi connectivity index (χ0) is 30.0. The Bertz CT molecular complexity index is 1420. The van der Waals surface area contributed by atoms with Crippen LogP contribution in [0.2, 0.25) is 5.02 Å². The maximum absolute atomic E-state index is 14.2. The fourth-order valence-electron chi connectivity index (χ4n) is 4.32. The molecule has 0 aliphatic carbocycles. The fourth-order valence-corrected chi connectivity index (χ4v) is 5.37. The highest BCUT2D eigenvalue weighted by molar-refractivity contribution is 7.92. The molecule has 3 aromatic rings. The highest BCUT2D eigenvalue weighted by Crippen LogP contribution is 2.30. The van der Waals surface area contributed by atoms with Gasteiger partial charge in [0, 0.05) is 24.5 Å². The Morgan fingerprint density at radius 2 is 1.59 bits per heavy atom. The number of sulfonamides is 1. The van der Waals surface area contributed by atoms with E-state index >= 15 is 0 Å². The topological polar surface area (TPSA) is 96.0 Å². The number of para-hydroxylation sites is 2. The van der Waals surface area contributed by atoms with Gasteiger partial charge >= 0.3 is 0 Å². The van der Waals surface area contributed by atoms with Gasteiger partial charge in [-0.25, -0.2) is 8.42 Å². The van der Waals surface area contributed by atoms with Crippen LogP contribution in [-0.2, 0) is 32.6 Å². The van der Waals surface area contributed by atoms with Crippen LogP contribution in [0.5, 0.6) is 5.75 Å². The number of halogens is 1. The van der Waals surface area contributed by atoms with E-state index in [0.29, 0.717) is 29.5 Å². The second-order valence-electron chi connectivity index (χ2n) is 10.1. The highest BCUT2D eigenvalue weighted by Gasteiger charge is 2.34. The molecule has 3 rings (SSSR count). The minimum Gasteiger partial charge on any atom is -0.492 e. The lowest BCUT2D eigenvalue weighted by Gasteiger charge is -2.34. The minimum absolute atomic E-state index is 0.00974. The van der Waals surface area contributed by atoms with Crippen LogP contribution in [0, 0.1) is 5.92 Å². The second-order valence-corrected chi connectivity index (χ2v) is 12.4. The third-order valence-corrected chi connectivity index (χ3v) is 7.86. The van der Waals surface area contributed by atoms with Crippen LogP contribution in [0.4, 0.5) is 5.69 Å². The van der Waals surface area contributed by atoms with E-state index in [1.165, 1.54) is 4.90 Å². The normalized spacial score (nSPS) is 12.0. The lowest BCUT2D eigenvalue weighted by molar-refractivity contribution is -0.140. The van der Waals surface area contributed by atoms with E-state index in [-0.39, 0.29) is 30.5 Å². The molecule has 41 heavy (non-hydrogen) atoms. The third kappa shape index (κ3) is 9.23. The smallest absolute Gasteiger partial charge is 0.244 e. The molecule has 0 unspecified atom stereocenters. The summed E-state index contributed by atoms with van der Waals surface area (Å²) < 4.78 is 32.8. The molecule has 0 aliphatic rings. The van der Waals surface area contributed by atoms with Crippen molar-refractivity contribution < 1.29 is 22.7 Å². The van der Waals surface area contributed by atoms with Crippen molar-refractivity contribution in [2.24, 2.45) is 5.92 Å². The van der Waals surface area contributed by atoms with E-state index < -0.39 is 28.5 Å². The van der Waals surface area contributed by atoms with Gasteiger partial charge in [0.2, 0.25) is 21.8 Å². The van der Waals surface area contributed by atoms with E-state index in [1.807, 2.05) is 44.2 Å². The predicted octanol–water partition coefficient (Wildman–Crippen LogP) is 4.92. The molecule has 0 aliphatic heterocycles. The molecule has 0 radical (unpaired) electrons. The zero-order valence-corrected chi connectivity index (χ0v) is 25.5. The average molecular weight is 600 g/mol. The maximum Gasteiger partial charge on any atom is 0.244 e. The van der Waals surface area contributed by atoms with Gasteiger partial charge in [0.05, 0.1) is 18.6 Å². The van der Waals surface area contributed by atoms with Crippen LogP contribution in [0.3, 0.4) is 0 Å². The van der Waals surface area contributed by atoms with Gasteiger partial charge in [-0.15, -0.1) is 0 Å². The van der Waals surface area contributed by atoms with Gasteiger partial charge in [-0.05, 0) is 42.2 Å². The molecule has 0 aromatic heterocycles. The van der Waals surface area contributed by atoms with Gasteiger partial charge in [0.1, 0.15) is 18.3 Å². The number of carbonyl (C=O) groups is 2. The first-order valence-electron chi connectivity index (χ1n) is 13.5. The van der Waals surface area contributed by atoms with Gasteiger partial charge in [0.25, 0.3) is 0 Å². The summed E-state index contributed by atoms with van der Waals surface area (Å²) in [7, 11) is -3.92. The molecule has 8 nitrogen and oxygen atoms in total. The Balaban J connectivity index is 2.08. The van der Waals surface area contributed by atoms with Crippen molar-refractivity contribution in [2.75, 3.05) is 30.3 Å². The maximum atomic E-state index is 14.2. The van der Waals surface area contributed by atoms with Gasteiger partial charge in [-0.1, -0.05) is 86.1 Å². The lowest BCUT2D eigenvalue weighted by atomic mass is 10.0. The van der Waals surface area contributed by atoms with Crippen LogP contribution < -0.4 is 14.4 Å². The van der Waals surface area contributed by atoms with Gasteiger partial charge < -0.3 is 15.0 Å². The highest BCUT2D eigenvalue weighted by atomic mass is 35.5. The number of amides is 2. The Morgan fingerprint density at radius 3 is 2.22 bits per heavy atom. The summed E-state index contributed by atoms with van der Waals surface area (Å²) in [6, 6.07) is 22.2. The molecule has 0 saturated heterocycles. The van der Waals surface area contributed by atoms with Crippen molar-refractivity contribution in [3.8, 4) is 5.75 Å². The molecule has 0 fully saturated rings. The molecule has 3 aromatic carbocycles. The van der Waals surface area contributed by atoms with E-state index in [1.54, 1.807) is 55.5 Å². The number of rotatable bonds is 14. The fraction of sp³-hybridized carbons (Fsp3) is 0.355. The lowest BCUT2D eigenvalue weighted by Crippen LogP contribution is -2.53. The van der Waals surface area contributed by atoms with Gasteiger partial charge in [0.15, 0.2) is 0 Å². The van der Waals surface area contributed by atoms with Crippen LogP contribution in [0.1, 0.15) is 31.9 Å². The molecule has 220 valence electrons. The van der Waals surface area contributed by atoms with E-state index in [9.17, 15) is 18.0 Å². The largest absolute Gasteiger partial charge is 0.492 e. The number of benzene rings is 3. The molecule has 1 atom stereocenters. The van der Waals surface area contributed by atoms with Crippen molar-refractivity contribution >= 4 is 39.1 Å². The molecular formula is C31H38ClN3O5S. The van der Waals surface area contributed by atoms with Crippen LogP contribution in [0.25, 0.3) is 0 Å². The van der Waals surface area contributed by atoms with Crippen LogP contribution in [0.15, 0.2) is 78.9 Å². The number of anilines is 1. The Morgan fingerprint density at radius 1 is 0.951 bits per heavy atom. The number of hydrogen-bond acceptors (Lipinski definition) is 5. The van der Waals surface area contributed by atoms with Crippen LogP contribution in [-0.4, -0.2) is 57.1 Å². The van der Waals surface area contributed by atoms with Crippen molar-refractivity contribution in [1.29, 1.82) is 0 Å². The standard InChI is InChI=1S/C31H38ClN3O5S/c1-5-40-29-18-12-11-17-27(29)35(41(4,38)39)22-30(36)34(21-25-15-9-10-16-26(25)32)28(31(37)33-20-23(2)3)19-24-13-7-6-8-14-24/h6-18,23,28H,5,19-22H2,1-4H3,(H,33,37)/t28-/m1/s1. The monoisotopic (exact) mass is 599 g/mol. The van der Waals surface area contributed by atoms with Crippen molar-refractivity contribution in [3.05, 3.63) is 95.0 Å².